The molecule has 9 heteroatoms. The molecule has 0 atom stereocenters. The molecule has 0 spiro atoms. The molecule has 1 aromatic carbocycles. The Kier molecular flexibility index (Phi) is 4.78. The number of rotatable bonds is 5. The largest absolute Gasteiger partial charge is 0.355 e. The van der Waals surface area contributed by atoms with Crippen molar-refractivity contribution < 1.29 is 9.59 Å². The summed E-state index contributed by atoms with van der Waals surface area (Å²) in [5.74, 6) is 1.74. The summed E-state index contributed by atoms with van der Waals surface area (Å²) in [7, 11) is 1.82. The molecule has 2 aromatic heterocycles. The third-order valence-electron chi connectivity index (χ3n) is 7.08. The number of imidazole rings is 1. The Bertz CT molecular complexity index is 1240. The molecule has 1 aliphatic carbocycles. The zero-order chi connectivity index (χ0) is 22.5. The summed E-state index contributed by atoms with van der Waals surface area (Å²) in [6.45, 7) is 2.23. The number of nitrogens with zero attached hydrogens (tertiary/aromatic N) is 6. The molecule has 33 heavy (non-hydrogen) atoms. The van der Waals surface area contributed by atoms with Crippen LogP contribution in [-0.4, -0.2) is 57.0 Å². The molecule has 2 aliphatic heterocycles. The number of aryl methyl sites for hydroxylation is 1. The fourth-order valence-corrected chi connectivity index (χ4v) is 5.07. The van der Waals surface area contributed by atoms with Gasteiger partial charge in [0.05, 0.1) is 6.42 Å². The van der Waals surface area contributed by atoms with Crippen LogP contribution in [0, 0.1) is 5.92 Å². The molecular formula is C24H27N7O2. The van der Waals surface area contributed by atoms with Crippen LogP contribution in [0.1, 0.15) is 41.9 Å². The van der Waals surface area contributed by atoms with Gasteiger partial charge in [0.15, 0.2) is 17.0 Å². The number of hydrogen-bond acceptors (Lipinski definition) is 6. The first-order valence-corrected chi connectivity index (χ1v) is 11.7. The Labute approximate surface area is 191 Å². The number of para-hydroxylation sites is 1. The smallest absolute Gasteiger partial charge is 0.287 e. The molecule has 0 unspecified atom stereocenters. The zero-order valence-electron chi connectivity index (χ0n) is 18.7. The summed E-state index contributed by atoms with van der Waals surface area (Å²) in [6.07, 6.45) is 6.10. The third-order valence-corrected chi connectivity index (χ3v) is 7.08. The Morgan fingerprint density at radius 2 is 1.91 bits per heavy atom. The molecule has 3 aliphatic rings. The van der Waals surface area contributed by atoms with Crippen LogP contribution in [-0.2, 0) is 18.3 Å². The molecule has 4 heterocycles. The standard InChI is InChI=1S/C24H27N7O2/c1-29-21-20(28-23(29)24(33)25-13-15-6-7-15)22(27-14-26-21)30-10-8-17(9-11-30)31-18-5-3-2-4-16(18)12-19(31)32/h2-5,14-15,17H,6-13H2,1H3,(H,25,33). The van der Waals surface area contributed by atoms with Crippen molar-refractivity contribution >= 4 is 34.5 Å². The molecule has 2 fully saturated rings. The first kappa shape index (κ1) is 20.1. The molecule has 1 N–H and O–H groups in total. The second-order valence-corrected chi connectivity index (χ2v) is 9.30. The van der Waals surface area contributed by atoms with Crippen molar-refractivity contribution in [3.63, 3.8) is 0 Å². The summed E-state index contributed by atoms with van der Waals surface area (Å²) >= 11 is 0. The van der Waals surface area contributed by atoms with Crippen LogP contribution < -0.4 is 15.1 Å². The molecule has 0 bridgehead atoms. The van der Waals surface area contributed by atoms with Gasteiger partial charge in [-0.05, 0) is 43.2 Å². The van der Waals surface area contributed by atoms with Gasteiger partial charge >= 0.3 is 0 Å². The predicted octanol–water partition coefficient (Wildman–Crippen LogP) is 2.06. The highest BCUT2D eigenvalue weighted by atomic mass is 16.2. The van der Waals surface area contributed by atoms with Gasteiger partial charge in [0.25, 0.3) is 5.91 Å². The van der Waals surface area contributed by atoms with Crippen molar-refractivity contribution in [3.05, 3.63) is 42.0 Å². The summed E-state index contributed by atoms with van der Waals surface area (Å²) in [6, 6.07) is 8.26. The van der Waals surface area contributed by atoms with Gasteiger partial charge in [0.2, 0.25) is 11.7 Å². The van der Waals surface area contributed by atoms with Crippen molar-refractivity contribution in [1.29, 1.82) is 0 Å². The van der Waals surface area contributed by atoms with Gasteiger partial charge in [-0.15, -0.1) is 0 Å². The number of amides is 2. The predicted molar refractivity (Wildman–Crippen MR) is 124 cm³/mol. The van der Waals surface area contributed by atoms with Crippen LogP contribution in [0.2, 0.25) is 0 Å². The van der Waals surface area contributed by atoms with E-state index in [4.69, 9.17) is 0 Å². The van der Waals surface area contributed by atoms with Crippen LogP contribution in [0.15, 0.2) is 30.6 Å². The fourth-order valence-electron chi connectivity index (χ4n) is 5.07. The van der Waals surface area contributed by atoms with Crippen LogP contribution in [0.3, 0.4) is 0 Å². The van der Waals surface area contributed by atoms with E-state index in [0.717, 1.165) is 43.0 Å². The van der Waals surface area contributed by atoms with E-state index in [1.807, 2.05) is 36.2 Å². The zero-order valence-corrected chi connectivity index (χ0v) is 18.7. The van der Waals surface area contributed by atoms with Crippen molar-refractivity contribution in [2.24, 2.45) is 13.0 Å². The quantitative estimate of drug-likeness (QED) is 0.646. The molecule has 170 valence electrons. The number of benzene rings is 1. The van der Waals surface area contributed by atoms with E-state index in [1.165, 1.54) is 19.2 Å². The molecule has 2 amide bonds. The minimum Gasteiger partial charge on any atom is -0.355 e. The molecule has 1 saturated heterocycles. The number of fused-ring (bicyclic) bond motifs is 2. The topological polar surface area (TPSA) is 96.2 Å². The molecule has 9 nitrogen and oxygen atoms in total. The Morgan fingerprint density at radius 3 is 2.70 bits per heavy atom. The van der Waals surface area contributed by atoms with Gasteiger partial charge in [-0.3, -0.25) is 9.59 Å². The number of aromatic nitrogens is 4. The van der Waals surface area contributed by atoms with E-state index < -0.39 is 0 Å². The lowest BCUT2D eigenvalue weighted by atomic mass is 10.0. The molecule has 6 rings (SSSR count). The first-order valence-electron chi connectivity index (χ1n) is 11.7. The highest BCUT2D eigenvalue weighted by molar-refractivity contribution is 6.02. The van der Waals surface area contributed by atoms with Gasteiger partial charge in [0.1, 0.15) is 6.33 Å². The fraction of sp³-hybridized carbons (Fsp3) is 0.458. The van der Waals surface area contributed by atoms with Gasteiger partial charge in [0, 0.05) is 38.4 Å². The van der Waals surface area contributed by atoms with E-state index in [0.29, 0.717) is 35.9 Å². The van der Waals surface area contributed by atoms with Gasteiger partial charge in [-0.25, -0.2) is 15.0 Å². The Hall–Kier alpha value is -3.49. The lowest BCUT2D eigenvalue weighted by Crippen LogP contribution is -2.46. The Morgan fingerprint density at radius 1 is 1.12 bits per heavy atom. The van der Waals surface area contributed by atoms with Crippen molar-refractivity contribution in [2.75, 3.05) is 29.4 Å². The average molecular weight is 446 g/mol. The number of carbonyl (C=O) groups is 2. The summed E-state index contributed by atoms with van der Waals surface area (Å²) < 4.78 is 1.75. The third kappa shape index (κ3) is 3.51. The van der Waals surface area contributed by atoms with E-state index in [-0.39, 0.29) is 17.9 Å². The maximum atomic E-state index is 12.7. The highest BCUT2D eigenvalue weighted by Crippen LogP contribution is 2.34. The van der Waals surface area contributed by atoms with Crippen molar-refractivity contribution in [3.8, 4) is 0 Å². The normalized spacial score (nSPS) is 18.8. The second-order valence-electron chi connectivity index (χ2n) is 9.30. The number of piperidine rings is 1. The monoisotopic (exact) mass is 445 g/mol. The lowest BCUT2D eigenvalue weighted by molar-refractivity contribution is -0.117. The van der Waals surface area contributed by atoms with Gasteiger partial charge in [-0.1, -0.05) is 18.2 Å². The molecule has 0 radical (unpaired) electrons. The summed E-state index contributed by atoms with van der Waals surface area (Å²) in [4.78, 5) is 43.1. The van der Waals surface area contributed by atoms with Gasteiger partial charge in [-0.2, -0.15) is 0 Å². The first-order chi connectivity index (χ1) is 16.1. The number of carbonyl (C=O) groups excluding carboxylic acids is 2. The minimum absolute atomic E-state index is 0.168. The SMILES string of the molecule is Cn1c(C(=O)NCC2CC2)nc2c(N3CCC(N4C(=O)Cc5ccccc54)CC3)ncnc21. The minimum atomic E-state index is -0.168. The van der Waals surface area contributed by atoms with Crippen LogP contribution >= 0.6 is 0 Å². The average Bonchev–Trinajstić information content (AvgIpc) is 3.52. The van der Waals surface area contributed by atoms with E-state index in [1.54, 1.807) is 4.57 Å². The molecule has 1 saturated carbocycles. The van der Waals surface area contributed by atoms with Gasteiger partial charge < -0.3 is 19.7 Å². The van der Waals surface area contributed by atoms with Crippen molar-refractivity contribution in [2.45, 2.75) is 38.1 Å². The number of nitrogens with one attached hydrogen (secondary N) is 1. The maximum absolute atomic E-state index is 12.7. The Balaban J connectivity index is 1.21. The maximum Gasteiger partial charge on any atom is 0.287 e. The van der Waals surface area contributed by atoms with Crippen molar-refractivity contribution in [1.82, 2.24) is 24.8 Å². The highest BCUT2D eigenvalue weighted by Gasteiger charge is 2.35. The molecular weight excluding hydrogens is 418 g/mol. The number of hydrogen-bond donors (Lipinski definition) is 1. The summed E-state index contributed by atoms with van der Waals surface area (Å²) in [5, 5.41) is 2.99. The second kappa shape index (κ2) is 7.83. The van der Waals surface area contributed by atoms with Crippen LogP contribution in [0.25, 0.3) is 11.2 Å². The van der Waals surface area contributed by atoms with Crippen LogP contribution in [0.4, 0.5) is 11.5 Å². The van der Waals surface area contributed by atoms with E-state index in [2.05, 4.69) is 25.2 Å². The molecule has 3 aromatic rings. The van der Waals surface area contributed by atoms with E-state index in [9.17, 15) is 9.59 Å². The van der Waals surface area contributed by atoms with Crippen LogP contribution in [0.5, 0.6) is 0 Å². The number of anilines is 2. The summed E-state index contributed by atoms with van der Waals surface area (Å²) in [5.41, 5.74) is 3.47. The van der Waals surface area contributed by atoms with E-state index >= 15 is 0 Å². The lowest BCUT2D eigenvalue weighted by Gasteiger charge is -2.37.